The molecule has 0 aliphatic heterocycles. The van der Waals surface area contributed by atoms with Crippen LogP contribution < -0.4 is 11.1 Å². The van der Waals surface area contributed by atoms with Gasteiger partial charge in [0.15, 0.2) is 0 Å². The van der Waals surface area contributed by atoms with Crippen molar-refractivity contribution in [2.45, 2.75) is 26.8 Å². The van der Waals surface area contributed by atoms with Crippen LogP contribution >= 0.6 is 12.2 Å². The lowest BCUT2D eigenvalue weighted by Gasteiger charge is -2.17. The lowest BCUT2D eigenvalue weighted by molar-refractivity contribution is 0.614. The number of nitrogens with zero attached hydrogens (tertiary/aromatic N) is 2. The third-order valence-corrected chi connectivity index (χ3v) is 3.72. The maximum atomic E-state index is 13.7. The second-order valence-electron chi connectivity index (χ2n) is 5.17. The third kappa shape index (κ3) is 3.05. The highest BCUT2D eigenvalue weighted by atomic mass is 32.1. The molecular formula is C15H19FN4S. The Morgan fingerprint density at radius 2 is 2.10 bits per heavy atom. The van der Waals surface area contributed by atoms with E-state index in [9.17, 15) is 4.39 Å². The number of thiocarbonyl (C=S) groups is 1. The molecule has 3 N–H and O–H groups in total. The Balaban J connectivity index is 2.33. The van der Waals surface area contributed by atoms with E-state index in [1.165, 1.54) is 6.07 Å². The molecule has 6 heteroatoms. The molecule has 1 unspecified atom stereocenters. The summed E-state index contributed by atoms with van der Waals surface area (Å²) < 4.78 is 15.4. The summed E-state index contributed by atoms with van der Waals surface area (Å²) in [6.07, 6.45) is 0. The van der Waals surface area contributed by atoms with Gasteiger partial charge in [0.05, 0.1) is 17.3 Å². The fourth-order valence-corrected chi connectivity index (χ4v) is 2.53. The zero-order valence-electron chi connectivity index (χ0n) is 12.6. The van der Waals surface area contributed by atoms with Gasteiger partial charge in [0.2, 0.25) is 0 Å². The van der Waals surface area contributed by atoms with Crippen molar-refractivity contribution in [2.24, 2.45) is 12.8 Å². The molecule has 2 rings (SSSR count). The zero-order chi connectivity index (χ0) is 15.7. The van der Waals surface area contributed by atoms with Gasteiger partial charge in [-0.1, -0.05) is 24.4 Å². The van der Waals surface area contributed by atoms with Gasteiger partial charge in [0, 0.05) is 7.05 Å². The highest BCUT2D eigenvalue weighted by Gasteiger charge is 2.18. The maximum Gasteiger partial charge on any atom is 0.135 e. The van der Waals surface area contributed by atoms with Gasteiger partial charge in [-0.3, -0.25) is 4.68 Å². The molecule has 4 nitrogen and oxygen atoms in total. The normalized spacial score (nSPS) is 12.2. The first-order valence-electron chi connectivity index (χ1n) is 6.67. The van der Waals surface area contributed by atoms with E-state index in [-0.39, 0.29) is 11.9 Å². The van der Waals surface area contributed by atoms with Crippen LogP contribution in [0.25, 0.3) is 0 Å². The molecule has 0 aliphatic rings. The van der Waals surface area contributed by atoms with Gasteiger partial charge in [0.1, 0.15) is 16.6 Å². The molecule has 1 heterocycles. The summed E-state index contributed by atoms with van der Waals surface area (Å²) in [5, 5.41) is 7.63. The van der Waals surface area contributed by atoms with Crippen molar-refractivity contribution in [3.63, 3.8) is 0 Å². The minimum atomic E-state index is -0.211. The van der Waals surface area contributed by atoms with Crippen LogP contribution in [0.3, 0.4) is 0 Å². The second-order valence-corrected chi connectivity index (χ2v) is 5.61. The Kier molecular flexibility index (Phi) is 4.27. The molecule has 0 bridgehead atoms. The van der Waals surface area contributed by atoms with Crippen LogP contribution in [0.5, 0.6) is 0 Å². The molecule has 0 aliphatic carbocycles. The van der Waals surface area contributed by atoms with E-state index in [2.05, 4.69) is 10.4 Å². The van der Waals surface area contributed by atoms with Crippen LogP contribution in [0.15, 0.2) is 18.2 Å². The van der Waals surface area contributed by atoms with E-state index in [1.807, 2.05) is 27.0 Å². The van der Waals surface area contributed by atoms with Crippen molar-refractivity contribution in [3.05, 3.63) is 46.4 Å². The Labute approximate surface area is 129 Å². The maximum absolute atomic E-state index is 13.7. The number of hydrogen-bond acceptors (Lipinski definition) is 3. The van der Waals surface area contributed by atoms with E-state index in [4.69, 9.17) is 18.0 Å². The Hall–Kier alpha value is -1.95. The van der Waals surface area contributed by atoms with Crippen molar-refractivity contribution in [1.29, 1.82) is 0 Å². The predicted molar refractivity (Wildman–Crippen MR) is 87.0 cm³/mol. The molecule has 21 heavy (non-hydrogen) atoms. The fourth-order valence-electron chi connectivity index (χ4n) is 2.29. The van der Waals surface area contributed by atoms with Crippen molar-refractivity contribution in [3.8, 4) is 0 Å². The number of nitrogens with two attached hydrogens (primary N) is 1. The quantitative estimate of drug-likeness (QED) is 0.853. The molecular weight excluding hydrogens is 287 g/mol. The SMILES string of the molecule is Cc1ccc(C(C)Nc2c(C(N)=S)c(C)nn2C)cc1F. The monoisotopic (exact) mass is 306 g/mol. The number of anilines is 1. The first-order chi connectivity index (χ1) is 9.81. The molecule has 0 saturated heterocycles. The van der Waals surface area contributed by atoms with Gasteiger partial charge < -0.3 is 11.1 Å². The first kappa shape index (κ1) is 15.4. The molecule has 0 saturated carbocycles. The van der Waals surface area contributed by atoms with Crippen molar-refractivity contribution in [2.75, 3.05) is 5.32 Å². The van der Waals surface area contributed by atoms with Crippen molar-refractivity contribution < 1.29 is 4.39 Å². The van der Waals surface area contributed by atoms with Gasteiger partial charge in [-0.05, 0) is 38.0 Å². The van der Waals surface area contributed by atoms with Crippen molar-refractivity contribution in [1.82, 2.24) is 9.78 Å². The van der Waals surface area contributed by atoms with Crippen LogP contribution in [0.4, 0.5) is 10.2 Å². The van der Waals surface area contributed by atoms with Gasteiger partial charge in [-0.2, -0.15) is 5.10 Å². The number of halogens is 1. The second kappa shape index (κ2) is 5.81. The average molecular weight is 306 g/mol. The lowest BCUT2D eigenvalue weighted by atomic mass is 10.1. The third-order valence-electron chi connectivity index (χ3n) is 3.52. The number of nitrogens with one attached hydrogen (secondary N) is 1. The summed E-state index contributed by atoms with van der Waals surface area (Å²) in [4.78, 5) is 0.297. The van der Waals surface area contributed by atoms with Crippen LogP contribution in [0, 0.1) is 19.7 Å². The number of aromatic nitrogens is 2. The Morgan fingerprint density at radius 3 is 2.67 bits per heavy atom. The zero-order valence-corrected chi connectivity index (χ0v) is 13.4. The topological polar surface area (TPSA) is 55.9 Å². The Morgan fingerprint density at radius 1 is 1.43 bits per heavy atom. The summed E-state index contributed by atoms with van der Waals surface area (Å²) in [7, 11) is 1.82. The van der Waals surface area contributed by atoms with Crippen molar-refractivity contribution >= 4 is 23.0 Å². The van der Waals surface area contributed by atoms with Gasteiger partial charge in [-0.15, -0.1) is 0 Å². The summed E-state index contributed by atoms with van der Waals surface area (Å²) >= 11 is 5.08. The molecule has 0 spiro atoms. The fraction of sp³-hybridized carbons (Fsp3) is 0.333. The smallest absolute Gasteiger partial charge is 0.135 e. The van der Waals surface area contributed by atoms with E-state index in [1.54, 1.807) is 17.7 Å². The predicted octanol–water partition coefficient (Wildman–Crippen LogP) is 2.98. The standard InChI is InChI=1S/C15H19FN4S/c1-8-5-6-11(7-12(8)16)9(2)18-15-13(14(17)21)10(3)19-20(15)4/h5-7,9,18H,1-4H3,(H2,17,21). The summed E-state index contributed by atoms with van der Waals surface area (Å²) in [5.41, 5.74) is 8.75. The minimum absolute atomic E-state index is 0.0944. The number of rotatable bonds is 4. The van der Waals surface area contributed by atoms with E-state index < -0.39 is 0 Å². The molecule has 1 aromatic heterocycles. The van der Waals surface area contributed by atoms with Gasteiger partial charge in [-0.25, -0.2) is 4.39 Å². The molecule has 2 aromatic rings. The highest BCUT2D eigenvalue weighted by molar-refractivity contribution is 7.80. The number of benzene rings is 1. The van der Waals surface area contributed by atoms with Crippen LogP contribution in [-0.4, -0.2) is 14.8 Å². The van der Waals surface area contributed by atoms with E-state index >= 15 is 0 Å². The first-order valence-corrected chi connectivity index (χ1v) is 7.08. The van der Waals surface area contributed by atoms with E-state index in [0.29, 0.717) is 10.6 Å². The van der Waals surface area contributed by atoms with Crippen LogP contribution in [0.1, 0.15) is 35.3 Å². The molecule has 0 fully saturated rings. The van der Waals surface area contributed by atoms with E-state index in [0.717, 1.165) is 22.6 Å². The molecule has 0 radical (unpaired) electrons. The summed E-state index contributed by atoms with van der Waals surface area (Å²) in [6.45, 7) is 5.55. The summed E-state index contributed by atoms with van der Waals surface area (Å²) in [5.74, 6) is 0.533. The average Bonchev–Trinajstić information content (AvgIpc) is 2.67. The Bertz CT molecular complexity index is 693. The molecule has 112 valence electrons. The molecule has 1 aromatic carbocycles. The molecule has 0 amide bonds. The number of aryl methyl sites for hydroxylation is 3. The lowest BCUT2D eigenvalue weighted by Crippen LogP contribution is -2.16. The molecule has 1 atom stereocenters. The minimum Gasteiger partial charge on any atom is -0.389 e. The highest BCUT2D eigenvalue weighted by Crippen LogP contribution is 2.25. The van der Waals surface area contributed by atoms with Crippen LogP contribution in [-0.2, 0) is 7.05 Å². The van der Waals surface area contributed by atoms with Crippen LogP contribution in [0.2, 0.25) is 0 Å². The van der Waals surface area contributed by atoms with Gasteiger partial charge in [0.25, 0.3) is 0 Å². The number of hydrogen-bond donors (Lipinski definition) is 2. The van der Waals surface area contributed by atoms with Gasteiger partial charge >= 0.3 is 0 Å². The largest absolute Gasteiger partial charge is 0.389 e. The summed E-state index contributed by atoms with van der Waals surface area (Å²) in [6, 6.07) is 5.12.